The quantitative estimate of drug-likeness (QED) is 0.823. The minimum atomic E-state index is -0.402. The van der Waals surface area contributed by atoms with Crippen LogP contribution in [0.3, 0.4) is 0 Å². The summed E-state index contributed by atoms with van der Waals surface area (Å²) in [5.74, 6) is 0.00284. The summed E-state index contributed by atoms with van der Waals surface area (Å²) in [4.78, 5) is 11.4. The molecule has 0 spiro atoms. The highest BCUT2D eigenvalue weighted by Crippen LogP contribution is 2.24. The first-order valence-electron chi connectivity index (χ1n) is 6.19. The summed E-state index contributed by atoms with van der Waals surface area (Å²) >= 11 is 0. The number of hydrogen-bond donors (Lipinski definition) is 2. The molecule has 2 rings (SSSR count). The minimum Gasteiger partial charge on any atom is -0.364 e. The monoisotopic (exact) mass is 236 g/mol. The standard InChI is InChI=1S/C12H20N4O/c1-8(2)16-11(12(13)17)6-10(15-16)9-4-3-5-14-7-9/h6,8-9,14H,3-5,7H2,1-2H3,(H2,13,17)/t9-/m0/s1. The van der Waals surface area contributed by atoms with Crippen LogP contribution in [0, 0.1) is 0 Å². The Balaban J connectivity index is 2.29. The summed E-state index contributed by atoms with van der Waals surface area (Å²) in [6, 6.07) is 2.00. The lowest BCUT2D eigenvalue weighted by Gasteiger charge is -2.20. The summed E-state index contributed by atoms with van der Waals surface area (Å²) in [5, 5.41) is 7.89. The summed E-state index contributed by atoms with van der Waals surface area (Å²) < 4.78 is 1.73. The van der Waals surface area contributed by atoms with Crippen molar-refractivity contribution in [3.05, 3.63) is 17.5 Å². The van der Waals surface area contributed by atoms with Gasteiger partial charge in [0.1, 0.15) is 5.69 Å². The van der Waals surface area contributed by atoms with Gasteiger partial charge in [0.25, 0.3) is 5.91 Å². The van der Waals surface area contributed by atoms with Gasteiger partial charge in [0, 0.05) is 18.5 Å². The Morgan fingerprint density at radius 3 is 2.88 bits per heavy atom. The van der Waals surface area contributed by atoms with Crippen LogP contribution in [0.2, 0.25) is 0 Å². The first-order chi connectivity index (χ1) is 8.09. The minimum absolute atomic E-state index is 0.155. The Labute approximate surface area is 101 Å². The maximum Gasteiger partial charge on any atom is 0.266 e. The van der Waals surface area contributed by atoms with E-state index in [2.05, 4.69) is 10.4 Å². The number of hydrogen-bond acceptors (Lipinski definition) is 3. The van der Waals surface area contributed by atoms with E-state index in [4.69, 9.17) is 5.73 Å². The van der Waals surface area contributed by atoms with Crippen molar-refractivity contribution in [2.75, 3.05) is 13.1 Å². The van der Waals surface area contributed by atoms with Gasteiger partial charge in [-0.05, 0) is 39.3 Å². The summed E-state index contributed by atoms with van der Waals surface area (Å²) in [6.45, 7) is 6.02. The third-order valence-corrected chi connectivity index (χ3v) is 3.21. The van der Waals surface area contributed by atoms with E-state index in [-0.39, 0.29) is 6.04 Å². The Kier molecular flexibility index (Phi) is 3.47. The second kappa shape index (κ2) is 4.87. The highest BCUT2D eigenvalue weighted by molar-refractivity contribution is 5.91. The zero-order valence-corrected chi connectivity index (χ0v) is 10.4. The van der Waals surface area contributed by atoms with E-state index in [1.807, 2.05) is 19.9 Å². The van der Waals surface area contributed by atoms with E-state index in [1.165, 1.54) is 0 Å². The summed E-state index contributed by atoms with van der Waals surface area (Å²) in [7, 11) is 0. The Bertz CT molecular complexity index is 405. The molecule has 0 saturated carbocycles. The molecule has 1 amide bonds. The number of amides is 1. The molecule has 17 heavy (non-hydrogen) atoms. The zero-order chi connectivity index (χ0) is 12.4. The number of rotatable bonds is 3. The second-order valence-electron chi connectivity index (χ2n) is 4.90. The first-order valence-corrected chi connectivity index (χ1v) is 6.19. The lowest BCUT2D eigenvalue weighted by molar-refractivity contribution is 0.0988. The molecule has 2 heterocycles. The Hall–Kier alpha value is -1.36. The van der Waals surface area contributed by atoms with Crippen LogP contribution in [0.4, 0.5) is 0 Å². The van der Waals surface area contributed by atoms with Crippen LogP contribution in [0.1, 0.15) is 54.8 Å². The molecule has 0 unspecified atom stereocenters. The van der Waals surface area contributed by atoms with E-state index in [1.54, 1.807) is 4.68 Å². The fourth-order valence-electron chi connectivity index (χ4n) is 2.29. The van der Waals surface area contributed by atoms with Crippen molar-refractivity contribution < 1.29 is 4.79 Å². The molecule has 1 fully saturated rings. The van der Waals surface area contributed by atoms with Crippen molar-refractivity contribution in [2.24, 2.45) is 5.73 Å². The van der Waals surface area contributed by atoms with Gasteiger partial charge in [0.15, 0.2) is 0 Å². The van der Waals surface area contributed by atoms with E-state index >= 15 is 0 Å². The molecule has 5 heteroatoms. The third-order valence-electron chi connectivity index (χ3n) is 3.21. The highest BCUT2D eigenvalue weighted by atomic mass is 16.1. The second-order valence-corrected chi connectivity index (χ2v) is 4.90. The van der Waals surface area contributed by atoms with Crippen LogP contribution in [0.5, 0.6) is 0 Å². The molecular weight excluding hydrogens is 216 g/mol. The van der Waals surface area contributed by atoms with E-state index in [0.717, 1.165) is 31.6 Å². The van der Waals surface area contributed by atoms with Gasteiger partial charge in [-0.1, -0.05) is 0 Å². The summed E-state index contributed by atoms with van der Waals surface area (Å²) in [6.07, 6.45) is 2.28. The van der Waals surface area contributed by atoms with Gasteiger partial charge in [-0.2, -0.15) is 5.10 Å². The average Bonchev–Trinajstić information content (AvgIpc) is 2.75. The predicted octanol–water partition coefficient (Wildman–Crippen LogP) is 1.03. The van der Waals surface area contributed by atoms with Gasteiger partial charge in [-0.3, -0.25) is 9.48 Å². The number of carbonyl (C=O) groups is 1. The third kappa shape index (κ3) is 2.49. The number of aromatic nitrogens is 2. The molecule has 94 valence electrons. The molecule has 1 aromatic rings. The molecule has 1 aromatic heterocycles. The number of nitrogens with two attached hydrogens (primary N) is 1. The molecular formula is C12H20N4O. The lowest BCUT2D eigenvalue weighted by Crippen LogP contribution is -2.28. The molecule has 0 aliphatic carbocycles. The Morgan fingerprint density at radius 1 is 1.65 bits per heavy atom. The average molecular weight is 236 g/mol. The normalized spacial score (nSPS) is 20.8. The van der Waals surface area contributed by atoms with Crippen LogP contribution in [-0.2, 0) is 0 Å². The zero-order valence-electron chi connectivity index (χ0n) is 10.4. The first kappa shape index (κ1) is 12.1. The van der Waals surface area contributed by atoms with E-state index in [0.29, 0.717) is 11.6 Å². The van der Waals surface area contributed by atoms with Crippen molar-refractivity contribution in [1.82, 2.24) is 15.1 Å². The van der Waals surface area contributed by atoms with Crippen LogP contribution in [0.25, 0.3) is 0 Å². The van der Waals surface area contributed by atoms with Gasteiger partial charge >= 0.3 is 0 Å². The largest absolute Gasteiger partial charge is 0.364 e. The van der Waals surface area contributed by atoms with Crippen molar-refractivity contribution in [3.8, 4) is 0 Å². The van der Waals surface area contributed by atoms with Gasteiger partial charge in [0.05, 0.1) is 5.69 Å². The molecule has 0 bridgehead atoms. The van der Waals surface area contributed by atoms with Crippen molar-refractivity contribution >= 4 is 5.91 Å². The SMILES string of the molecule is CC(C)n1nc([C@H]2CCCNC2)cc1C(N)=O. The molecule has 1 saturated heterocycles. The smallest absolute Gasteiger partial charge is 0.266 e. The molecule has 0 radical (unpaired) electrons. The van der Waals surface area contributed by atoms with E-state index in [9.17, 15) is 4.79 Å². The van der Waals surface area contributed by atoms with Crippen LogP contribution < -0.4 is 11.1 Å². The number of nitrogens with one attached hydrogen (secondary N) is 1. The lowest BCUT2D eigenvalue weighted by atomic mass is 9.96. The predicted molar refractivity (Wildman–Crippen MR) is 66.0 cm³/mol. The molecule has 1 atom stereocenters. The van der Waals surface area contributed by atoms with Crippen LogP contribution in [0.15, 0.2) is 6.07 Å². The van der Waals surface area contributed by atoms with Gasteiger partial charge in [0.2, 0.25) is 0 Å². The maximum absolute atomic E-state index is 11.4. The Morgan fingerprint density at radius 2 is 2.41 bits per heavy atom. The number of piperidine rings is 1. The fraction of sp³-hybridized carbons (Fsp3) is 0.667. The van der Waals surface area contributed by atoms with Crippen LogP contribution in [-0.4, -0.2) is 28.8 Å². The fourth-order valence-corrected chi connectivity index (χ4v) is 2.29. The van der Waals surface area contributed by atoms with Gasteiger partial charge in [-0.25, -0.2) is 0 Å². The van der Waals surface area contributed by atoms with E-state index < -0.39 is 5.91 Å². The number of primary amides is 1. The van der Waals surface area contributed by atoms with Gasteiger partial charge < -0.3 is 11.1 Å². The van der Waals surface area contributed by atoms with Gasteiger partial charge in [-0.15, -0.1) is 0 Å². The number of nitrogens with zero attached hydrogens (tertiary/aromatic N) is 2. The van der Waals surface area contributed by atoms with Crippen molar-refractivity contribution in [2.45, 2.75) is 38.6 Å². The van der Waals surface area contributed by atoms with Crippen LogP contribution >= 0.6 is 0 Å². The van der Waals surface area contributed by atoms with Crippen molar-refractivity contribution in [3.63, 3.8) is 0 Å². The van der Waals surface area contributed by atoms with Crippen molar-refractivity contribution in [1.29, 1.82) is 0 Å². The molecule has 0 aromatic carbocycles. The molecule has 3 N–H and O–H groups in total. The maximum atomic E-state index is 11.4. The molecule has 1 aliphatic heterocycles. The molecule has 5 nitrogen and oxygen atoms in total. The molecule has 1 aliphatic rings. The number of carbonyl (C=O) groups excluding carboxylic acids is 1. The topological polar surface area (TPSA) is 72.9 Å². The highest BCUT2D eigenvalue weighted by Gasteiger charge is 2.22. The summed E-state index contributed by atoms with van der Waals surface area (Å²) in [5.41, 5.74) is 6.88.